The standard InChI is InChI=1S/C45H57N7O7/c1-26(2)38(51-45(54)57-7)44(53)52-18-8-9-37(52)42-48-34-17-14-31(24-35(34)49-42)29-10-12-30(13-11-29)32-15-16-33(41(59-22-20-56-6)40(32)58-21-19-55-5)36-25-46-43(50-36)39-27(3)23-28(4)47-39/h10-17,24-28,37-39,47H,8-9,18-23H2,1-7H3,(H,46,50)(H,48,49)(H,51,54)/t27-,28+,37-,38-,39-/m0/s1. The van der Waals surface area contributed by atoms with Gasteiger partial charge in [0.05, 0.1) is 55.3 Å². The molecule has 14 nitrogen and oxygen atoms in total. The lowest BCUT2D eigenvalue weighted by Gasteiger charge is -2.29. The maximum atomic E-state index is 13.7. The summed E-state index contributed by atoms with van der Waals surface area (Å²) in [4.78, 5) is 44.4. The first-order valence-corrected chi connectivity index (χ1v) is 20.6. The molecule has 2 aliphatic heterocycles. The highest BCUT2D eigenvalue weighted by molar-refractivity contribution is 5.87. The summed E-state index contributed by atoms with van der Waals surface area (Å²) in [6, 6.07) is 18.3. The van der Waals surface area contributed by atoms with E-state index in [0.717, 1.165) is 75.5 Å². The lowest BCUT2D eigenvalue weighted by atomic mass is 9.97. The minimum Gasteiger partial charge on any atom is -0.487 e. The molecule has 2 aliphatic rings. The van der Waals surface area contributed by atoms with Gasteiger partial charge in [0.1, 0.15) is 30.9 Å². The van der Waals surface area contributed by atoms with E-state index < -0.39 is 12.1 Å². The Morgan fingerprint density at radius 3 is 2.19 bits per heavy atom. The summed E-state index contributed by atoms with van der Waals surface area (Å²) < 4.78 is 28.4. The normalized spacial score (nSPS) is 19.7. The van der Waals surface area contributed by atoms with Crippen LogP contribution in [0.4, 0.5) is 4.79 Å². The van der Waals surface area contributed by atoms with Crippen molar-refractivity contribution in [1.29, 1.82) is 0 Å². The first kappa shape index (κ1) is 41.7. The molecule has 4 heterocycles. The number of imidazole rings is 2. The summed E-state index contributed by atoms with van der Waals surface area (Å²) in [5.41, 5.74) is 7.29. The molecular weight excluding hydrogens is 751 g/mol. The van der Waals surface area contributed by atoms with Gasteiger partial charge in [0, 0.05) is 37.9 Å². The molecule has 59 heavy (non-hydrogen) atoms. The number of hydrogen-bond acceptors (Lipinski definition) is 10. The largest absolute Gasteiger partial charge is 0.487 e. The lowest BCUT2D eigenvalue weighted by Crippen LogP contribution is -2.51. The quantitative estimate of drug-likeness (QED) is 0.0737. The van der Waals surface area contributed by atoms with Crippen LogP contribution in [-0.2, 0) is 19.0 Å². The summed E-state index contributed by atoms with van der Waals surface area (Å²) in [7, 11) is 4.61. The fourth-order valence-electron chi connectivity index (χ4n) is 8.36. The number of methoxy groups -OCH3 is 3. The Hall–Kier alpha value is -5.44. The zero-order valence-electron chi connectivity index (χ0n) is 35.1. The molecule has 2 fully saturated rings. The van der Waals surface area contributed by atoms with Crippen LogP contribution >= 0.6 is 0 Å². The topological polar surface area (TPSA) is 165 Å². The molecular formula is C45H57N7O7. The van der Waals surface area contributed by atoms with E-state index in [-0.39, 0.29) is 23.9 Å². The van der Waals surface area contributed by atoms with Crippen LogP contribution in [0.2, 0.25) is 0 Å². The minimum absolute atomic E-state index is 0.111. The molecule has 0 aliphatic carbocycles. The van der Waals surface area contributed by atoms with E-state index in [1.165, 1.54) is 7.11 Å². The van der Waals surface area contributed by atoms with Crippen molar-refractivity contribution in [1.82, 2.24) is 35.5 Å². The number of carbonyl (C=O) groups excluding carboxylic acids is 2. The van der Waals surface area contributed by atoms with E-state index in [1.54, 1.807) is 14.2 Å². The molecule has 0 saturated carbocycles. The van der Waals surface area contributed by atoms with E-state index in [9.17, 15) is 9.59 Å². The Labute approximate surface area is 345 Å². The molecule has 0 spiro atoms. The van der Waals surface area contributed by atoms with Gasteiger partial charge >= 0.3 is 6.09 Å². The fourth-order valence-corrected chi connectivity index (χ4v) is 8.36. The first-order chi connectivity index (χ1) is 28.6. The summed E-state index contributed by atoms with van der Waals surface area (Å²) in [5.74, 6) is 3.08. The number of nitrogens with zero attached hydrogens (tertiary/aromatic N) is 3. The van der Waals surface area contributed by atoms with Crippen molar-refractivity contribution in [2.45, 2.75) is 71.1 Å². The molecule has 2 aromatic heterocycles. The molecule has 0 unspecified atom stereocenters. The van der Waals surface area contributed by atoms with Gasteiger partial charge in [0.15, 0.2) is 11.5 Å². The number of benzene rings is 3. The van der Waals surface area contributed by atoms with Gasteiger partial charge in [-0.3, -0.25) is 4.79 Å². The molecule has 14 heteroatoms. The molecule has 0 bridgehead atoms. The second-order valence-corrected chi connectivity index (χ2v) is 15.9. The van der Waals surface area contributed by atoms with Gasteiger partial charge < -0.3 is 49.2 Å². The highest BCUT2D eigenvalue weighted by Crippen LogP contribution is 2.46. The second-order valence-electron chi connectivity index (χ2n) is 15.9. The fraction of sp³-hybridized carbons (Fsp3) is 0.467. The molecule has 4 N–H and O–H groups in total. The third kappa shape index (κ3) is 9.09. The molecule has 314 valence electrons. The Bertz CT molecular complexity index is 2220. The van der Waals surface area contributed by atoms with E-state index >= 15 is 0 Å². The van der Waals surface area contributed by atoms with Crippen LogP contribution in [0.15, 0.2) is 60.8 Å². The Morgan fingerprint density at radius 2 is 1.53 bits per heavy atom. The van der Waals surface area contributed by atoms with Crippen molar-refractivity contribution in [2.24, 2.45) is 11.8 Å². The third-order valence-electron chi connectivity index (χ3n) is 11.4. The van der Waals surface area contributed by atoms with Gasteiger partial charge in [-0.25, -0.2) is 14.8 Å². The van der Waals surface area contributed by atoms with Gasteiger partial charge in [0.2, 0.25) is 5.91 Å². The summed E-state index contributed by atoms with van der Waals surface area (Å²) in [6.45, 7) is 10.4. The third-order valence-corrected chi connectivity index (χ3v) is 11.4. The molecule has 3 aromatic carbocycles. The van der Waals surface area contributed by atoms with E-state index in [4.69, 9.17) is 33.7 Å². The number of ether oxygens (including phenoxy) is 5. The van der Waals surface area contributed by atoms with Crippen LogP contribution in [0.1, 0.15) is 70.7 Å². The molecule has 5 atom stereocenters. The number of alkyl carbamates (subject to hydrolysis) is 1. The first-order valence-electron chi connectivity index (χ1n) is 20.6. The van der Waals surface area contributed by atoms with Crippen LogP contribution in [0, 0.1) is 11.8 Å². The number of aromatic amines is 2. The van der Waals surface area contributed by atoms with Crippen LogP contribution in [-0.4, -0.2) is 103 Å². The Morgan fingerprint density at radius 1 is 0.847 bits per heavy atom. The van der Waals surface area contributed by atoms with Crippen LogP contribution in [0.5, 0.6) is 11.5 Å². The Kier molecular flexibility index (Phi) is 13.2. The lowest BCUT2D eigenvalue weighted by molar-refractivity contribution is -0.135. The number of fused-ring (bicyclic) bond motifs is 1. The molecule has 2 amide bonds. The van der Waals surface area contributed by atoms with Gasteiger partial charge in [-0.15, -0.1) is 0 Å². The molecule has 0 radical (unpaired) electrons. The number of rotatable bonds is 16. The number of hydrogen-bond donors (Lipinski definition) is 4. The van der Waals surface area contributed by atoms with Crippen molar-refractivity contribution >= 4 is 23.0 Å². The maximum absolute atomic E-state index is 13.7. The smallest absolute Gasteiger partial charge is 0.407 e. The van der Waals surface area contributed by atoms with Crippen LogP contribution in [0.3, 0.4) is 0 Å². The van der Waals surface area contributed by atoms with Crippen molar-refractivity contribution in [2.75, 3.05) is 54.3 Å². The number of likely N-dealkylation sites (tertiary alicyclic amines) is 1. The minimum atomic E-state index is -0.695. The number of carbonyl (C=O) groups is 2. The van der Waals surface area contributed by atoms with Gasteiger partial charge in [-0.2, -0.15) is 0 Å². The van der Waals surface area contributed by atoms with E-state index in [1.807, 2.05) is 31.0 Å². The SMILES string of the molecule is COCCOc1c(-c2ccc(-c3ccc4nc([C@@H]5CCCN5C(=O)[C@@H](NC(=O)OC)C(C)C)[nH]c4c3)cc2)ccc(-c2cnc([C@H]3N[C@H](C)C[C@@H]3C)[nH]2)c1OCCOC. The number of aromatic nitrogens is 4. The number of nitrogens with one attached hydrogen (secondary N) is 4. The van der Waals surface area contributed by atoms with Gasteiger partial charge in [-0.1, -0.05) is 51.1 Å². The van der Waals surface area contributed by atoms with Crippen molar-refractivity contribution in [3.05, 3.63) is 72.4 Å². The van der Waals surface area contributed by atoms with E-state index in [2.05, 4.69) is 83.0 Å². The van der Waals surface area contributed by atoms with Crippen LogP contribution in [0.25, 0.3) is 44.5 Å². The summed E-state index contributed by atoms with van der Waals surface area (Å²) in [6.07, 6.45) is 3.96. The predicted octanol–water partition coefficient (Wildman–Crippen LogP) is 7.44. The molecule has 2 saturated heterocycles. The van der Waals surface area contributed by atoms with Gasteiger partial charge in [-0.05, 0) is 79.0 Å². The maximum Gasteiger partial charge on any atom is 0.407 e. The second kappa shape index (κ2) is 18.6. The van der Waals surface area contributed by atoms with Crippen molar-refractivity contribution in [3.63, 3.8) is 0 Å². The number of H-pyrrole nitrogens is 2. The van der Waals surface area contributed by atoms with Crippen LogP contribution < -0.4 is 20.1 Å². The summed E-state index contributed by atoms with van der Waals surface area (Å²) >= 11 is 0. The Balaban J connectivity index is 1.16. The zero-order valence-corrected chi connectivity index (χ0v) is 35.1. The molecule has 5 aromatic rings. The molecule has 7 rings (SSSR count). The monoisotopic (exact) mass is 807 g/mol. The predicted molar refractivity (Wildman–Crippen MR) is 226 cm³/mol. The zero-order chi connectivity index (χ0) is 41.6. The number of amides is 2. The van der Waals surface area contributed by atoms with Crippen molar-refractivity contribution in [3.8, 4) is 45.0 Å². The highest BCUT2D eigenvalue weighted by atomic mass is 16.6. The average molecular weight is 808 g/mol. The summed E-state index contributed by atoms with van der Waals surface area (Å²) in [5, 5.41) is 6.38. The van der Waals surface area contributed by atoms with E-state index in [0.29, 0.717) is 56.4 Å². The van der Waals surface area contributed by atoms with Gasteiger partial charge in [0.25, 0.3) is 0 Å². The highest BCUT2D eigenvalue weighted by Gasteiger charge is 2.38. The average Bonchev–Trinajstić information content (AvgIpc) is 4.06. The van der Waals surface area contributed by atoms with Crippen molar-refractivity contribution < 1.29 is 33.3 Å².